The lowest BCUT2D eigenvalue weighted by Gasteiger charge is -2.18. The van der Waals surface area contributed by atoms with Gasteiger partial charge in [0.1, 0.15) is 11.9 Å². The van der Waals surface area contributed by atoms with E-state index in [-0.39, 0.29) is 17.2 Å². The fraction of sp³-hybridized carbons (Fsp3) is 0.143. The Morgan fingerprint density at radius 1 is 1.03 bits per heavy atom. The summed E-state index contributed by atoms with van der Waals surface area (Å²) in [5, 5.41) is 11.8. The summed E-state index contributed by atoms with van der Waals surface area (Å²) in [6.07, 6.45) is 0.119. The van der Waals surface area contributed by atoms with E-state index < -0.39 is 22.0 Å². The number of hydrogen-bond acceptors (Lipinski definition) is 4. The van der Waals surface area contributed by atoms with E-state index in [1.54, 1.807) is 36.4 Å². The number of amidine groups is 1. The molecular weight excluding hydrogens is 388 g/mol. The van der Waals surface area contributed by atoms with E-state index in [0.29, 0.717) is 11.1 Å². The summed E-state index contributed by atoms with van der Waals surface area (Å²) in [6, 6.07) is 18.1. The highest BCUT2D eigenvalue weighted by atomic mass is 32.2. The first kappa shape index (κ1) is 20.5. The lowest BCUT2D eigenvalue weighted by Crippen LogP contribution is -2.46. The van der Waals surface area contributed by atoms with Crippen molar-refractivity contribution in [2.75, 3.05) is 7.05 Å². The molecule has 3 rings (SSSR count). The first-order valence-electron chi connectivity index (χ1n) is 8.96. The summed E-state index contributed by atoms with van der Waals surface area (Å²) in [5.74, 6) is -0.553. The zero-order valence-electron chi connectivity index (χ0n) is 15.8. The number of hydrogen-bond donors (Lipinski definition) is 4. The quantitative estimate of drug-likeness (QED) is 0.350. The van der Waals surface area contributed by atoms with Gasteiger partial charge < -0.3 is 11.1 Å². The predicted molar refractivity (Wildman–Crippen MR) is 113 cm³/mol. The molecule has 3 aromatic carbocycles. The molecule has 8 heteroatoms. The van der Waals surface area contributed by atoms with Crippen LogP contribution in [-0.4, -0.2) is 33.3 Å². The van der Waals surface area contributed by atoms with Crippen LogP contribution < -0.4 is 15.8 Å². The zero-order chi connectivity index (χ0) is 21.0. The SMILES string of the molecule is CNC(=O)[C@H](Cc1cccc(C(=N)N)c1)NS(=O)(=O)c1ccc2ccccc2c1. The Balaban J connectivity index is 1.89. The van der Waals surface area contributed by atoms with Crippen molar-refractivity contribution in [3.05, 3.63) is 77.9 Å². The second-order valence-corrected chi connectivity index (χ2v) is 8.33. The van der Waals surface area contributed by atoms with Gasteiger partial charge in [0.2, 0.25) is 15.9 Å². The highest BCUT2D eigenvalue weighted by Gasteiger charge is 2.25. The van der Waals surface area contributed by atoms with Gasteiger partial charge in [0.05, 0.1) is 4.90 Å². The number of sulfonamides is 1. The Hall–Kier alpha value is -3.23. The largest absolute Gasteiger partial charge is 0.384 e. The van der Waals surface area contributed by atoms with E-state index in [4.69, 9.17) is 11.1 Å². The third-order valence-electron chi connectivity index (χ3n) is 4.57. The average Bonchev–Trinajstić information content (AvgIpc) is 2.72. The summed E-state index contributed by atoms with van der Waals surface area (Å²) >= 11 is 0. The van der Waals surface area contributed by atoms with Crippen molar-refractivity contribution in [2.45, 2.75) is 17.4 Å². The molecule has 0 unspecified atom stereocenters. The third kappa shape index (κ3) is 4.79. The van der Waals surface area contributed by atoms with Crippen LogP contribution in [0, 0.1) is 5.41 Å². The van der Waals surface area contributed by atoms with Crippen LogP contribution in [0.3, 0.4) is 0 Å². The fourth-order valence-corrected chi connectivity index (χ4v) is 4.28. The molecule has 5 N–H and O–H groups in total. The average molecular weight is 410 g/mol. The Bertz CT molecular complexity index is 1180. The van der Waals surface area contributed by atoms with Crippen LogP contribution >= 0.6 is 0 Å². The van der Waals surface area contributed by atoms with Crippen LogP contribution in [0.1, 0.15) is 11.1 Å². The number of nitrogens with one attached hydrogen (secondary N) is 3. The van der Waals surface area contributed by atoms with Gasteiger partial charge in [-0.1, -0.05) is 48.5 Å². The molecule has 0 radical (unpaired) electrons. The smallest absolute Gasteiger partial charge is 0.241 e. The zero-order valence-corrected chi connectivity index (χ0v) is 16.7. The van der Waals surface area contributed by atoms with Gasteiger partial charge in [-0.2, -0.15) is 4.72 Å². The molecule has 0 saturated carbocycles. The van der Waals surface area contributed by atoms with Crippen molar-refractivity contribution in [1.29, 1.82) is 5.41 Å². The molecule has 150 valence electrons. The molecule has 0 aliphatic carbocycles. The fourth-order valence-electron chi connectivity index (χ4n) is 3.05. The van der Waals surface area contributed by atoms with E-state index >= 15 is 0 Å². The van der Waals surface area contributed by atoms with E-state index in [9.17, 15) is 13.2 Å². The number of nitrogens with two attached hydrogens (primary N) is 1. The van der Waals surface area contributed by atoms with Crippen molar-refractivity contribution >= 4 is 32.5 Å². The van der Waals surface area contributed by atoms with E-state index in [2.05, 4.69) is 10.0 Å². The van der Waals surface area contributed by atoms with Crippen molar-refractivity contribution in [3.8, 4) is 0 Å². The van der Waals surface area contributed by atoms with Crippen molar-refractivity contribution < 1.29 is 13.2 Å². The van der Waals surface area contributed by atoms with Crippen LogP contribution in [0.2, 0.25) is 0 Å². The lowest BCUT2D eigenvalue weighted by molar-refractivity contribution is -0.122. The first-order valence-corrected chi connectivity index (χ1v) is 10.4. The van der Waals surface area contributed by atoms with Gasteiger partial charge in [0, 0.05) is 12.6 Å². The maximum Gasteiger partial charge on any atom is 0.241 e. The van der Waals surface area contributed by atoms with Crippen LogP contribution in [0.5, 0.6) is 0 Å². The van der Waals surface area contributed by atoms with E-state index in [1.807, 2.05) is 24.3 Å². The molecule has 1 atom stereocenters. The first-order chi connectivity index (χ1) is 13.8. The molecule has 0 fully saturated rings. The highest BCUT2D eigenvalue weighted by Crippen LogP contribution is 2.19. The Morgan fingerprint density at radius 2 is 1.76 bits per heavy atom. The van der Waals surface area contributed by atoms with Gasteiger partial charge in [-0.25, -0.2) is 8.42 Å². The molecule has 0 saturated heterocycles. The Morgan fingerprint density at radius 3 is 2.45 bits per heavy atom. The highest BCUT2D eigenvalue weighted by molar-refractivity contribution is 7.89. The minimum absolute atomic E-state index is 0.0857. The van der Waals surface area contributed by atoms with Gasteiger partial charge >= 0.3 is 0 Å². The molecular formula is C21H22N4O3S. The number of likely N-dealkylation sites (N-methyl/N-ethyl adjacent to an activating group) is 1. The molecule has 0 spiro atoms. The minimum Gasteiger partial charge on any atom is -0.384 e. The standard InChI is InChI=1S/C21H22N4O3S/c1-24-21(26)19(12-14-5-4-8-17(11-14)20(22)23)25-29(27,28)18-10-9-15-6-2-3-7-16(15)13-18/h2-11,13,19,25H,12H2,1H3,(H3,22,23)(H,24,26)/t19-/m0/s1. The van der Waals surface area contributed by atoms with Crippen LogP contribution in [0.4, 0.5) is 0 Å². The molecule has 0 aromatic heterocycles. The molecule has 7 nitrogen and oxygen atoms in total. The van der Waals surface area contributed by atoms with E-state index in [0.717, 1.165) is 10.8 Å². The number of rotatable bonds is 7. The molecule has 1 amide bonds. The number of nitrogen functional groups attached to an aromatic ring is 1. The topological polar surface area (TPSA) is 125 Å². The maximum atomic E-state index is 12.9. The second kappa shape index (κ2) is 8.42. The molecule has 29 heavy (non-hydrogen) atoms. The number of amides is 1. The van der Waals surface area contributed by atoms with Crippen molar-refractivity contribution in [3.63, 3.8) is 0 Å². The van der Waals surface area contributed by atoms with Gasteiger partial charge in [-0.05, 0) is 41.0 Å². The molecule has 3 aromatic rings. The normalized spacial score (nSPS) is 12.4. The Kier molecular flexibility index (Phi) is 5.95. The maximum absolute atomic E-state index is 12.9. The number of benzene rings is 3. The summed E-state index contributed by atoms with van der Waals surface area (Å²) < 4.78 is 28.4. The number of carbonyl (C=O) groups is 1. The summed E-state index contributed by atoms with van der Waals surface area (Å²) in [7, 11) is -2.48. The van der Waals surface area contributed by atoms with E-state index in [1.165, 1.54) is 13.1 Å². The molecule has 0 bridgehead atoms. The molecule has 0 aliphatic heterocycles. The van der Waals surface area contributed by atoms with Gasteiger partial charge in [-0.3, -0.25) is 10.2 Å². The third-order valence-corrected chi connectivity index (χ3v) is 6.04. The second-order valence-electron chi connectivity index (χ2n) is 6.62. The lowest BCUT2D eigenvalue weighted by atomic mass is 10.0. The van der Waals surface area contributed by atoms with Crippen molar-refractivity contribution in [1.82, 2.24) is 10.0 Å². The molecule has 0 aliphatic rings. The number of fused-ring (bicyclic) bond motifs is 1. The van der Waals surface area contributed by atoms with Crippen LogP contribution in [0.15, 0.2) is 71.6 Å². The Labute approximate surface area is 169 Å². The number of carbonyl (C=O) groups excluding carboxylic acids is 1. The summed E-state index contributed by atoms with van der Waals surface area (Å²) in [5.41, 5.74) is 6.71. The van der Waals surface area contributed by atoms with Crippen LogP contribution in [0.25, 0.3) is 10.8 Å². The van der Waals surface area contributed by atoms with Crippen LogP contribution in [-0.2, 0) is 21.2 Å². The van der Waals surface area contributed by atoms with Gasteiger partial charge in [0.25, 0.3) is 0 Å². The predicted octanol–water partition coefficient (Wildman–Crippen LogP) is 1.76. The van der Waals surface area contributed by atoms with Gasteiger partial charge in [-0.15, -0.1) is 0 Å². The minimum atomic E-state index is -3.93. The summed E-state index contributed by atoms with van der Waals surface area (Å²) in [4.78, 5) is 12.4. The van der Waals surface area contributed by atoms with Gasteiger partial charge in [0.15, 0.2) is 0 Å². The van der Waals surface area contributed by atoms with Crippen molar-refractivity contribution in [2.24, 2.45) is 5.73 Å². The monoisotopic (exact) mass is 410 g/mol. The molecule has 0 heterocycles. The summed E-state index contributed by atoms with van der Waals surface area (Å²) in [6.45, 7) is 0.